The highest BCUT2D eigenvalue weighted by atomic mass is 32.1. The first-order valence-electron chi connectivity index (χ1n) is 11.9. The van der Waals surface area contributed by atoms with Gasteiger partial charge >= 0.3 is 0 Å². The number of hydrogen-bond acceptors (Lipinski definition) is 4. The first-order valence-corrected chi connectivity index (χ1v) is 12.4. The lowest BCUT2D eigenvalue weighted by atomic mass is 10.0. The highest BCUT2D eigenvalue weighted by molar-refractivity contribution is 7.80. The molecule has 1 fully saturated rings. The lowest BCUT2D eigenvalue weighted by Crippen LogP contribution is -2.33. The number of amides is 1. The van der Waals surface area contributed by atoms with E-state index < -0.39 is 0 Å². The van der Waals surface area contributed by atoms with Crippen LogP contribution in [0.5, 0.6) is 0 Å². The predicted octanol–water partition coefficient (Wildman–Crippen LogP) is 4.89. The van der Waals surface area contributed by atoms with E-state index in [1.165, 1.54) is 0 Å². The quantitative estimate of drug-likeness (QED) is 0.355. The van der Waals surface area contributed by atoms with Gasteiger partial charge in [0.15, 0.2) is 5.11 Å². The molecule has 1 aliphatic heterocycles. The standard InChI is InChI=1S/C28H28N6OS/c1-19-12-13-24(30-18-19)33-16-7-11-23(33)27-26(22-10-5-6-15-29-22)32-28(36)34(27)17-14-25(35)31-21-9-4-3-8-20(21)2/h3-13,15-16,18,26-27H,14,17H2,1-2H3,(H,31,35)(H,32,36)/t26-,27+/m1/s1. The number of thiocarbonyl (C=S) groups is 1. The van der Waals surface area contributed by atoms with Gasteiger partial charge in [-0.25, -0.2) is 4.98 Å². The maximum atomic E-state index is 12.9. The van der Waals surface area contributed by atoms with Gasteiger partial charge in [0, 0.05) is 42.9 Å². The lowest BCUT2D eigenvalue weighted by molar-refractivity contribution is -0.116. The molecule has 1 aliphatic rings. The number of nitrogens with one attached hydrogen (secondary N) is 2. The third kappa shape index (κ3) is 4.85. The molecule has 4 heterocycles. The van der Waals surface area contributed by atoms with E-state index in [9.17, 15) is 4.79 Å². The molecule has 0 unspecified atom stereocenters. The Labute approximate surface area is 216 Å². The minimum absolute atomic E-state index is 0.0530. The van der Waals surface area contributed by atoms with Crippen LogP contribution in [0.15, 0.2) is 85.3 Å². The molecule has 5 rings (SSSR count). The number of benzene rings is 1. The second-order valence-electron chi connectivity index (χ2n) is 8.93. The summed E-state index contributed by atoms with van der Waals surface area (Å²) >= 11 is 5.78. The van der Waals surface area contributed by atoms with Crippen LogP contribution in [0.1, 0.15) is 41.0 Å². The summed E-state index contributed by atoms with van der Waals surface area (Å²) in [4.78, 5) is 24.2. The molecule has 1 amide bonds. The highest BCUT2D eigenvalue weighted by Crippen LogP contribution is 2.39. The van der Waals surface area contributed by atoms with E-state index in [0.29, 0.717) is 18.1 Å². The van der Waals surface area contributed by atoms with Crippen molar-refractivity contribution in [2.75, 3.05) is 11.9 Å². The third-order valence-electron chi connectivity index (χ3n) is 6.42. The second-order valence-corrected chi connectivity index (χ2v) is 9.32. The fourth-order valence-electron chi connectivity index (χ4n) is 4.56. The average molecular weight is 497 g/mol. The monoisotopic (exact) mass is 496 g/mol. The molecule has 8 heteroatoms. The zero-order chi connectivity index (χ0) is 25.1. The van der Waals surface area contributed by atoms with Gasteiger partial charge in [0.1, 0.15) is 5.82 Å². The number of hydrogen-bond donors (Lipinski definition) is 2. The topological polar surface area (TPSA) is 75.1 Å². The minimum Gasteiger partial charge on any atom is -0.352 e. The van der Waals surface area contributed by atoms with Crippen molar-refractivity contribution < 1.29 is 4.79 Å². The number of rotatable bonds is 7. The van der Waals surface area contributed by atoms with Crippen LogP contribution < -0.4 is 10.6 Å². The Morgan fingerprint density at radius 2 is 1.86 bits per heavy atom. The molecule has 1 saturated heterocycles. The van der Waals surface area contributed by atoms with Crippen molar-refractivity contribution in [2.24, 2.45) is 0 Å². The summed E-state index contributed by atoms with van der Waals surface area (Å²) in [6.45, 7) is 4.47. The molecule has 182 valence electrons. The first kappa shape index (κ1) is 23.7. The highest BCUT2D eigenvalue weighted by Gasteiger charge is 2.41. The molecule has 36 heavy (non-hydrogen) atoms. The number of nitrogens with zero attached hydrogens (tertiary/aromatic N) is 4. The molecule has 2 N–H and O–H groups in total. The van der Waals surface area contributed by atoms with E-state index in [1.807, 2.05) is 86.9 Å². The van der Waals surface area contributed by atoms with Crippen molar-refractivity contribution in [3.63, 3.8) is 0 Å². The number of carbonyl (C=O) groups is 1. The smallest absolute Gasteiger partial charge is 0.226 e. The molecule has 0 aliphatic carbocycles. The molecule has 1 aromatic carbocycles. The van der Waals surface area contributed by atoms with Crippen molar-refractivity contribution >= 4 is 28.9 Å². The van der Waals surface area contributed by atoms with E-state index in [0.717, 1.165) is 34.0 Å². The van der Waals surface area contributed by atoms with Gasteiger partial charge in [0.2, 0.25) is 5.91 Å². The number of anilines is 1. The lowest BCUT2D eigenvalue weighted by Gasteiger charge is -2.28. The fraction of sp³-hybridized carbons (Fsp3) is 0.214. The zero-order valence-electron chi connectivity index (χ0n) is 20.3. The van der Waals surface area contributed by atoms with Crippen LogP contribution in [0, 0.1) is 13.8 Å². The van der Waals surface area contributed by atoms with Crippen molar-refractivity contribution in [1.29, 1.82) is 0 Å². The third-order valence-corrected chi connectivity index (χ3v) is 6.77. The van der Waals surface area contributed by atoms with Gasteiger partial charge in [-0.2, -0.15) is 0 Å². The summed E-state index contributed by atoms with van der Waals surface area (Å²) in [7, 11) is 0. The van der Waals surface area contributed by atoms with Crippen LogP contribution in [0.4, 0.5) is 5.69 Å². The second kappa shape index (κ2) is 10.3. The first-order chi connectivity index (χ1) is 17.5. The van der Waals surface area contributed by atoms with Gasteiger partial charge in [-0.1, -0.05) is 30.3 Å². The van der Waals surface area contributed by atoms with E-state index in [2.05, 4.69) is 36.1 Å². The van der Waals surface area contributed by atoms with E-state index in [-0.39, 0.29) is 18.0 Å². The van der Waals surface area contributed by atoms with Gasteiger partial charge in [0.05, 0.1) is 17.8 Å². The van der Waals surface area contributed by atoms with Gasteiger partial charge < -0.3 is 20.1 Å². The molecule has 0 bridgehead atoms. The number of aromatic nitrogens is 3. The Hall–Kier alpha value is -4.04. The fourth-order valence-corrected chi connectivity index (χ4v) is 4.89. The molecule has 7 nitrogen and oxygen atoms in total. The zero-order valence-corrected chi connectivity index (χ0v) is 21.1. The van der Waals surface area contributed by atoms with Gasteiger partial charge in [0.25, 0.3) is 0 Å². The van der Waals surface area contributed by atoms with Crippen LogP contribution in [0.25, 0.3) is 5.82 Å². The Morgan fingerprint density at radius 3 is 2.61 bits per heavy atom. The summed E-state index contributed by atoms with van der Waals surface area (Å²) in [5.74, 6) is 0.776. The molecular weight excluding hydrogens is 468 g/mol. The summed E-state index contributed by atoms with van der Waals surface area (Å²) in [6.07, 6.45) is 5.95. The Kier molecular flexibility index (Phi) is 6.77. The van der Waals surface area contributed by atoms with Crippen molar-refractivity contribution in [3.8, 4) is 5.82 Å². The number of carbonyl (C=O) groups excluding carboxylic acids is 1. The normalized spacial score (nSPS) is 17.2. The summed E-state index contributed by atoms with van der Waals surface area (Å²) in [5, 5.41) is 7.09. The number of pyridine rings is 2. The summed E-state index contributed by atoms with van der Waals surface area (Å²) in [6, 6.07) is 21.5. The molecule has 0 radical (unpaired) electrons. The van der Waals surface area contributed by atoms with Crippen LogP contribution in [0.2, 0.25) is 0 Å². The Morgan fingerprint density at radius 1 is 1.03 bits per heavy atom. The van der Waals surface area contributed by atoms with Crippen molar-refractivity contribution in [3.05, 3.63) is 108 Å². The number of aryl methyl sites for hydroxylation is 2. The predicted molar refractivity (Wildman–Crippen MR) is 145 cm³/mol. The van der Waals surface area contributed by atoms with Crippen molar-refractivity contribution in [1.82, 2.24) is 24.8 Å². The Bertz CT molecular complexity index is 1370. The van der Waals surface area contributed by atoms with E-state index in [1.54, 1.807) is 6.20 Å². The van der Waals surface area contributed by atoms with Crippen LogP contribution in [0.3, 0.4) is 0 Å². The molecular formula is C28H28N6OS. The van der Waals surface area contributed by atoms with Crippen LogP contribution in [-0.4, -0.2) is 37.0 Å². The average Bonchev–Trinajstić information content (AvgIpc) is 3.49. The van der Waals surface area contributed by atoms with Crippen LogP contribution in [-0.2, 0) is 4.79 Å². The van der Waals surface area contributed by atoms with Crippen LogP contribution >= 0.6 is 12.2 Å². The maximum Gasteiger partial charge on any atom is 0.226 e. The molecule has 2 atom stereocenters. The number of para-hydroxylation sites is 1. The molecule has 0 saturated carbocycles. The minimum atomic E-state index is -0.170. The Balaban J connectivity index is 1.44. The maximum absolute atomic E-state index is 12.9. The molecule has 3 aromatic heterocycles. The SMILES string of the molecule is Cc1ccc(-n2cccc2[C@H]2[C@@H](c3ccccn3)NC(=S)N2CCC(=O)Nc2ccccc2C)nc1. The largest absolute Gasteiger partial charge is 0.352 e. The van der Waals surface area contributed by atoms with Crippen molar-refractivity contribution in [2.45, 2.75) is 32.4 Å². The molecule has 4 aromatic rings. The molecule has 0 spiro atoms. The summed E-state index contributed by atoms with van der Waals surface area (Å²) in [5.41, 5.74) is 4.87. The van der Waals surface area contributed by atoms with Gasteiger partial charge in [-0.05, 0) is 73.6 Å². The van der Waals surface area contributed by atoms with Gasteiger partial charge in [-0.3, -0.25) is 9.78 Å². The van der Waals surface area contributed by atoms with E-state index in [4.69, 9.17) is 12.2 Å². The van der Waals surface area contributed by atoms with Gasteiger partial charge in [-0.15, -0.1) is 0 Å². The summed E-state index contributed by atoms with van der Waals surface area (Å²) < 4.78 is 2.08. The van der Waals surface area contributed by atoms with E-state index >= 15 is 0 Å².